The van der Waals surface area contributed by atoms with Crippen LogP contribution >= 0.6 is 0 Å². The lowest BCUT2D eigenvalue weighted by molar-refractivity contribution is -0.384. The first-order valence-corrected chi connectivity index (χ1v) is 6.68. The van der Waals surface area contributed by atoms with Crippen LogP contribution in [0.15, 0.2) is 54.1 Å². The first kappa shape index (κ1) is 13.9. The van der Waals surface area contributed by atoms with E-state index in [4.69, 9.17) is 0 Å². The highest BCUT2D eigenvalue weighted by atomic mass is 16.6. The molecule has 3 rings (SSSR count). The van der Waals surface area contributed by atoms with Gasteiger partial charge in [-0.2, -0.15) is 0 Å². The average molecular weight is 293 g/mol. The number of carbonyl (C=O) groups excluding carboxylic acids is 2. The summed E-state index contributed by atoms with van der Waals surface area (Å²) in [6.07, 6.45) is 1.98. The first-order chi connectivity index (χ1) is 10.6. The van der Waals surface area contributed by atoms with Crippen LogP contribution in [0.25, 0.3) is 6.08 Å². The number of non-ortho nitro benzene ring substituents is 1. The van der Waals surface area contributed by atoms with Gasteiger partial charge in [0.2, 0.25) is 11.6 Å². The quantitative estimate of drug-likeness (QED) is 0.495. The number of nitrogens with zero attached hydrogens (tertiary/aromatic N) is 1. The second-order valence-corrected chi connectivity index (χ2v) is 5.02. The van der Waals surface area contributed by atoms with Crippen LogP contribution in [0.4, 0.5) is 5.69 Å². The number of rotatable bonds is 3. The summed E-state index contributed by atoms with van der Waals surface area (Å²) in [6.45, 7) is 0. The number of allylic oxidation sites excluding steroid dienone is 1. The van der Waals surface area contributed by atoms with Crippen molar-refractivity contribution in [2.75, 3.05) is 0 Å². The molecule has 22 heavy (non-hydrogen) atoms. The number of hydrogen-bond donors (Lipinski definition) is 0. The molecule has 0 amide bonds. The van der Waals surface area contributed by atoms with Gasteiger partial charge < -0.3 is 0 Å². The largest absolute Gasteiger partial charge is 0.285 e. The van der Waals surface area contributed by atoms with Crippen molar-refractivity contribution in [2.24, 2.45) is 0 Å². The van der Waals surface area contributed by atoms with Crippen LogP contribution in [0.1, 0.15) is 21.5 Å². The van der Waals surface area contributed by atoms with Crippen LogP contribution in [-0.2, 0) is 11.2 Å². The summed E-state index contributed by atoms with van der Waals surface area (Å²) in [6, 6.07) is 12.9. The van der Waals surface area contributed by atoms with E-state index >= 15 is 0 Å². The van der Waals surface area contributed by atoms with Crippen molar-refractivity contribution in [1.82, 2.24) is 0 Å². The topological polar surface area (TPSA) is 77.3 Å². The molecule has 0 bridgehead atoms. The highest BCUT2D eigenvalue weighted by Crippen LogP contribution is 2.24. The Bertz CT molecular complexity index is 819. The van der Waals surface area contributed by atoms with Crippen LogP contribution in [0, 0.1) is 10.1 Å². The van der Waals surface area contributed by atoms with Gasteiger partial charge in [0, 0.05) is 29.7 Å². The minimum atomic E-state index is -0.517. The van der Waals surface area contributed by atoms with Gasteiger partial charge >= 0.3 is 0 Å². The van der Waals surface area contributed by atoms with E-state index in [1.165, 1.54) is 12.1 Å². The Balaban J connectivity index is 1.92. The molecule has 0 heterocycles. The van der Waals surface area contributed by atoms with Crippen molar-refractivity contribution in [1.29, 1.82) is 0 Å². The predicted molar refractivity (Wildman–Crippen MR) is 80.6 cm³/mol. The fourth-order valence-corrected chi connectivity index (χ4v) is 2.44. The minimum absolute atomic E-state index is 0.00544. The van der Waals surface area contributed by atoms with Gasteiger partial charge in [-0.1, -0.05) is 36.4 Å². The molecule has 0 saturated heterocycles. The zero-order chi connectivity index (χ0) is 15.7. The van der Waals surface area contributed by atoms with Gasteiger partial charge in [0.15, 0.2) is 0 Å². The van der Waals surface area contributed by atoms with Crippen molar-refractivity contribution in [3.8, 4) is 0 Å². The predicted octanol–water partition coefficient (Wildman–Crippen LogP) is 2.99. The van der Waals surface area contributed by atoms with E-state index in [1.807, 2.05) is 6.07 Å². The zero-order valence-corrected chi connectivity index (χ0v) is 11.5. The van der Waals surface area contributed by atoms with Gasteiger partial charge in [-0.25, -0.2) is 0 Å². The summed E-state index contributed by atoms with van der Waals surface area (Å²) in [7, 11) is 0. The van der Waals surface area contributed by atoms with E-state index in [-0.39, 0.29) is 12.1 Å². The summed E-state index contributed by atoms with van der Waals surface area (Å²) < 4.78 is 0. The molecule has 0 aliphatic heterocycles. The lowest BCUT2D eigenvalue weighted by Gasteiger charge is -2.14. The molecule has 0 spiro atoms. The van der Waals surface area contributed by atoms with Crippen molar-refractivity contribution in [3.63, 3.8) is 0 Å². The second kappa shape index (κ2) is 5.37. The van der Waals surface area contributed by atoms with Gasteiger partial charge in [0.25, 0.3) is 5.69 Å². The molecule has 0 saturated carbocycles. The fraction of sp³-hybridized carbons (Fsp3) is 0.0588. The molecule has 5 nitrogen and oxygen atoms in total. The van der Waals surface area contributed by atoms with E-state index < -0.39 is 16.5 Å². The molecule has 0 N–H and O–H groups in total. The Hall–Kier alpha value is -3.08. The standard InChI is InChI=1S/C17H11NO4/c19-16-13(9-11-5-7-14(8-6-11)18(21)22)10-12-3-1-2-4-15(12)17(16)20/h1-8,10H,9H2. The van der Waals surface area contributed by atoms with Crippen LogP contribution in [0.3, 0.4) is 0 Å². The second-order valence-electron chi connectivity index (χ2n) is 5.02. The smallest absolute Gasteiger partial charge is 0.269 e. The number of hydrogen-bond acceptors (Lipinski definition) is 4. The lowest BCUT2D eigenvalue weighted by atomic mass is 9.87. The molecule has 0 fully saturated rings. The maximum absolute atomic E-state index is 12.1. The fourth-order valence-electron chi connectivity index (χ4n) is 2.44. The van der Waals surface area contributed by atoms with E-state index in [9.17, 15) is 19.7 Å². The molecule has 0 radical (unpaired) electrons. The summed E-state index contributed by atoms with van der Waals surface area (Å²) in [5.74, 6) is -1.02. The van der Waals surface area contributed by atoms with Crippen molar-refractivity contribution in [2.45, 2.75) is 6.42 Å². The van der Waals surface area contributed by atoms with Crippen LogP contribution in [0.2, 0.25) is 0 Å². The number of ketones is 2. The number of nitro benzene ring substituents is 1. The number of fused-ring (bicyclic) bond motifs is 1. The molecular formula is C17H11NO4. The molecular weight excluding hydrogens is 282 g/mol. The highest BCUT2D eigenvalue weighted by molar-refractivity contribution is 6.51. The number of Topliss-reactive ketones (excluding diaryl/α,β-unsaturated/α-hetero) is 2. The monoisotopic (exact) mass is 293 g/mol. The summed E-state index contributed by atoms with van der Waals surface area (Å²) >= 11 is 0. The van der Waals surface area contributed by atoms with Crippen LogP contribution in [-0.4, -0.2) is 16.5 Å². The van der Waals surface area contributed by atoms with Gasteiger partial charge in [-0.3, -0.25) is 19.7 Å². The van der Waals surface area contributed by atoms with Crippen LogP contribution < -0.4 is 0 Å². The summed E-state index contributed by atoms with van der Waals surface area (Å²) in [4.78, 5) is 34.4. The molecule has 1 aliphatic carbocycles. The number of carbonyl (C=O) groups is 2. The maximum Gasteiger partial charge on any atom is 0.269 e. The summed E-state index contributed by atoms with van der Waals surface area (Å²) in [5, 5.41) is 10.6. The maximum atomic E-state index is 12.1. The number of benzene rings is 2. The average Bonchev–Trinajstić information content (AvgIpc) is 2.53. The van der Waals surface area contributed by atoms with E-state index in [1.54, 1.807) is 36.4 Å². The molecule has 2 aromatic carbocycles. The van der Waals surface area contributed by atoms with Gasteiger partial charge in [-0.05, 0) is 17.2 Å². The van der Waals surface area contributed by atoms with Gasteiger partial charge in [-0.15, -0.1) is 0 Å². The normalized spacial score (nSPS) is 13.5. The molecule has 0 aromatic heterocycles. The molecule has 2 aromatic rings. The third-order valence-corrected chi connectivity index (χ3v) is 3.57. The van der Waals surface area contributed by atoms with E-state index in [0.717, 1.165) is 11.1 Å². The Morgan fingerprint density at radius 1 is 0.909 bits per heavy atom. The third kappa shape index (κ3) is 2.44. The Morgan fingerprint density at radius 3 is 2.27 bits per heavy atom. The van der Waals surface area contributed by atoms with Gasteiger partial charge in [0.1, 0.15) is 0 Å². The first-order valence-electron chi connectivity index (χ1n) is 6.68. The molecule has 5 heteroatoms. The number of nitro groups is 1. The SMILES string of the molecule is O=C1C(=O)c2ccccc2C=C1Cc1ccc([N+](=O)[O-])cc1. The molecule has 1 aliphatic rings. The molecule has 0 atom stereocenters. The summed E-state index contributed by atoms with van der Waals surface area (Å²) in [5.41, 5.74) is 2.29. The van der Waals surface area contributed by atoms with Gasteiger partial charge in [0.05, 0.1) is 4.92 Å². The highest BCUT2D eigenvalue weighted by Gasteiger charge is 2.27. The Labute approximate surface area is 126 Å². The van der Waals surface area contributed by atoms with Crippen molar-refractivity contribution < 1.29 is 14.5 Å². The van der Waals surface area contributed by atoms with Crippen molar-refractivity contribution >= 4 is 23.3 Å². The molecule has 108 valence electrons. The molecule has 0 unspecified atom stereocenters. The Morgan fingerprint density at radius 2 is 1.59 bits per heavy atom. The lowest BCUT2D eigenvalue weighted by Crippen LogP contribution is -2.22. The minimum Gasteiger partial charge on any atom is -0.285 e. The van der Waals surface area contributed by atoms with Crippen molar-refractivity contribution in [3.05, 3.63) is 80.9 Å². The zero-order valence-electron chi connectivity index (χ0n) is 11.5. The third-order valence-electron chi connectivity index (χ3n) is 3.57. The Kier molecular flexibility index (Phi) is 3.39. The van der Waals surface area contributed by atoms with Crippen LogP contribution in [0.5, 0.6) is 0 Å². The van der Waals surface area contributed by atoms with E-state index in [0.29, 0.717) is 11.1 Å². The van der Waals surface area contributed by atoms with E-state index in [2.05, 4.69) is 0 Å².